The van der Waals surface area contributed by atoms with Crippen LogP contribution in [0.3, 0.4) is 0 Å². The van der Waals surface area contributed by atoms with Crippen LogP contribution < -0.4 is 5.32 Å². The lowest BCUT2D eigenvalue weighted by atomic mass is 10.2. The molecule has 1 unspecified atom stereocenters. The molecule has 1 heterocycles. The second-order valence-electron chi connectivity index (χ2n) is 4.28. The summed E-state index contributed by atoms with van der Waals surface area (Å²) >= 11 is 9.40. The van der Waals surface area contributed by atoms with Gasteiger partial charge in [0.05, 0.1) is 6.04 Å². The Morgan fingerprint density at radius 3 is 2.84 bits per heavy atom. The second-order valence-corrected chi connectivity index (χ2v) is 5.63. The number of nitrogens with one attached hydrogen (secondary N) is 1. The van der Waals surface area contributed by atoms with Crippen molar-refractivity contribution >= 4 is 27.5 Å². The molecule has 102 valence electrons. The molecule has 1 N–H and O–H groups in total. The molecular weight excluding hydrogens is 330 g/mol. The largest absolute Gasteiger partial charge is 0.419 e. The van der Waals surface area contributed by atoms with Crippen LogP contribution in [0, 0.1) is 0 Å². The fourth-order valence-corrected chi connectivity index (χ4v) is 2.51. The minimum atomic E-state index is 0.0452. The maximum absolute atomic E-state index is 6.01. The molecular formula is C13H15BrClN3O. The Hall–Kier alpha value is -0.910. The predicted molar refractivity (Wildman–Crippen MR) is 79.2 cm³/mol. The van der Waals surface area contributed by atoms with Gasteiger partial charge in [-0.2, -0.15) is 0 Å². The minimum Gasteiger partial charge on any atom is -0.419 e. The van der Waals surface area contributed by atoms with Crippen molar-refractivity contribution in [1.82, 2.24) is 15.5 Å². The third-order valence-electron chi connectivity index (χ3n) is 2.62. The van der Waals surface area contributed by atoms with E-state index in [0.717, 1.165) is 23.0 Å². The summed E-state index contributed by atoms with van der Waals surface area (Å²) in [6.07, 6.45) is 1.06. The molecule has 1 aromatic carbocycles. The fraction of sp³-hybridized carbons (Fsp3) is 0.385. The van der Waals surface area contributed by atoms with Gasteiger partial charge in [-0.1, -0.05) is 34.5 Å². The van der Waals surface area contributed by atoms with Crippen LogP contribution in [-0.4, -0.2) is 16.7 Å². The van der Waals surface area contributed by atoms with E-state index in [0.29, 0.717) is 16.8 Å². The first kappa shape index (κ1) is 14.5. The molecule has 2 rings (SSSR count). The van der Waals surface area contributed by atoms with Gasteiger partial charge in [-0.3, -0.25) is 0 Å². The van der Waals surface area contributed by atoms with Crippen LogP contribution in [-0.2, 0) is 0 Å². The van der Waals surface area contributed by atoms with E-state index in [1.165, 1.54) is 0 Å². The molecule has 19 heavy (non-hydrogen) atoms. The molecule has 0 radical (unpaired) electrons. The third-order valence-corrected chi connectivity index (χ3v) is 3.30. The number of benzene rings is 1. The predicted octanol–water partition coefficient (Wildman–Crippen LogP) is 4.21. The molecule has 0 amide bonds. The maximum Gasteiger partial charge on any atom is 0.247 e. The quantitative estimate of drug-likeness (QED) is 0.882. The first-order valence-corrected chi connectivity index (χ1v) is 7.30. The van der Waals surface area contributed by atoms with Gasteiger partial charge in [0.25, 0.3) is 0 Å². The van der Waals surface area contributed by atoms with Crippen LogP contribution in [0.5, 0.6) is 0 Å². The van der Waals surface area contributed by atoms with Gasteiger partial charge in [0.2, 0.25) is 11.8 Å². The zero-order chi connectivity index (χ0) is 13.8. The third kappa shape index (κ3) is 3.78. The normalized spacial score (nSPS) is 12.6. The summed E-state index contributed by atoms with van der Waals surface area (Å²) in [4.78, 5) is 0. The molecule has 0 saturated heterocycles. The molecule has 4 nitrogen and oxygen atoms in total. The van der Waals surface area contributed by atoms with E-state index in [9.17, 15) is 0 Å². The van der Waals surface area contributed by atoms with Crippen molar-refractivity contribution in [3.05, 3.63) is 33.6 Å². The highest BCUT2D eigenvalue weighted by Gasteiger charge is 2.14. The van der Waals surface area contributed by atoms with E-state index in [-0.39, 0.29) is 6.04 Å². The van der Waals surface area contributed by atoms with Crippen LogP contribution in [0.2, 0.25) is 5.02 Å². The van der Waals surface area contributed by atoms with E-state index >= 15 is 0 Å². The molecule has 0 fully saturated rings. The average Bonchev–Trinajstić information content (AvgIpc) is 2.84. The van der Waals surface area contributed by atoms with Gasteiger partial charge in [-0.25, -0.2) is 0 Å². The lowest BCUT2D eigenvalue weighted by Gasteiger charge is -2.07. The SMILES string of the molecule is CCCNC(C)c1nnc(-c2cc(Cl)cc(Br)c2)o1. The molecule has 0 bridgehead atoms. The minimum absolute atomic E-state index is 0.0452. The van der Waals surface area contributed by atoms with Crippen molar-refractivity contribution in [2.75, 3.05) is 6.54 Å². The summed E-state index contributed by atoms with van der Waals surface area (Å²) < 4.78 is 6.56. The smallest absolute Gasteiger partial charge is 0.247 e. The summed E-state index contributed by atoms with van der Waals surface area (Å²) in [5.41, 5.74) is 0.806. The molecule has 0 aliphatic rings. The van der Waals surface area contributed by atoms with Crippen LogP contribution >= 0.6 is 27.5 Å². The molecule has 1 atom stereocenters. The molecule has 0 aliphatic heterocycles. The highest BCUT2D eigenvalue weighted by molar-refractivity contribution is 9.10. The Labute approximate surface area is 125 Å². The summed E-state index contributed by atoms with van der Waals surface area (Å²) in [6.45, 7) is 5.03. The zero-order valence-corrected chi connectivity index (χ0v) is 13.1. The molecule has 0 spiro atoms. The molecule has 0 aliphatic carbocycles. The lowest BCUT2D eigenvalue weighted by Crippen LogP contribution is -2.19. The number of nitrogens with zero attached hydrogens (tertiary/aromatic N) is 2. The number of aromatic nitrogens is 2. The molecule has 2 aromatic rings. The van der Waals surface area contributed by atoms with Crippen molar-refractivity contribution in [2.24, 2.45) is 0 Å². The van der Waals surface area contributed by atoms with Crippen molar-refractivity contribution in [3.63, 3.8) is 0 Å². The van der Waals surface area contributed by atoms with E-state index < -0.39 is 0 Å². The highest BCUT2D eigenvalue weighted by Crippen LogP contribution is 2.27. The molecule has 0 saturated carbocycles. The summed E-state index contributed by atoms with van der Waals surface area (Å²) in [5.74, 6) is 1.06. The maximum atomic E-state index is 6.01. The van der Waals surface area contributed by atoms with Crippen LogP contribution in [0.15, 0.2) is 27.1 Å². The van der Waals surface area contributed by atoms with Gasteiger partial charge in [-0.15, -0.1) is 10.2 Å². The van der Waals surface area contributed by atoms with E-state index in [2.05, 4.69) is 38.4 Å². The van der Waals surface area contributed by atoms with Crippen molar-refractivity contribution in [2.45, 2.75) is 26.3 Å². The van der Waals surface area contributed by atoms with Gasteiger partial charge >= 0.3 is 0 Å². The summed E-state index contributed by atoms with van der Waals surface area (Å²) in [7, 11) is 0. The second kappa shape index (κ2) is 6.50. The zero-order valence-electron chi connectivity index (χ0n) is 10.8. The van der Waals surface area contributed by atoms with E-state index in [1.807, 2.05) is 19.1 Å². The average molecular weight is 345 g/mol. The van der Waals surface area contributed by atoms with Gasteiger partial charge in [0.1, 0.15) is 0 Å². The van der Waals surface area contributed by atoms with Gasteiger partial charge in [0, 0.05) is 15.1 Å². The van der Waals surface area contributed by atoms with Crippen LogP contribution in [0.1, 0.15) is 32.2 Å². The van der Waals surface area contributed by atoms with Crippen molar-refractivity contribution in [1.29, 1.82) is 0 Å². The van der Waals surface area contributed by atoms with E-state index in [4.69, 9.17) is 16.0 Å². The number of halogens is 2. The Bertz CT molecular complexity index is 538. The van der Waals surface area contributed by atoms with E-state index in [1.54, 1.807) is 6.07 Å². The highest BCUT2D eigenvalue weighted by atomic mass is 79.9. The lowest BCUT2D eigenvalue weighted by molar-refractivity contribution is 0.423. The van der Waals surface area contributed by atoms with Crippen molar-refractivity contribution < 1.29 is 4.42 Å². The standard InChI is InChI=1S/C13H15BrClN3O/c1-3-4-16-8(2)12-17-18-13(19-12)9-5-10(14)7-11(15)6-9/h5-8,16H,3-4H2,1-2H3. The van der Waals surface area contributed by atoms with Gasteiger partial charge < -0.3 is 9.73 Å². The Morgan fingerprint density at radius 1 is 1.37 bits per heavy atom. The Kier molecular flexibility index (Phi) is 4.96. The Balaban J connectivity index is 2.20. The monoisotopic (exact) mass is 343 g/mol. The Morgan fingerprint density at radius 2 is 2.16 bits per heavy atom. The molecule has 1 aromatic heterocycles. The van der Waals surface area contributed by atoms with Crippen LogP contribution in [0.25, 0.3) is 11.5 Å². The van der Waals surface area contributed by atoms with Crippen molar-refractivity contribution in [3.8, 4) is 11.5 Å². The van der Waals surface area contributed by atoms with Crippen LogP contribution in [0.4, 0.5) is 0 Å². The first-order valence-electron chi connectivity index (χ1n) is 6.13. The molecule has 6 heteroatoms. The fourth-order valence-electron chi connectivity index (χ4n) is 1.65. The topological polar surface area (TPSA) is 51.0 Å². The first-order chi connectivity index (χ1) is 9.10. The summed E-state index contributed by atoms with van der Waals surface area (Å²) in [6, 6.07) is 5.55. The van der Waals surface area contributed by atoms with Gasteiger partial charge in [-0.05, 0) is 38.1 Å². The number of hydrogen-bond acceptors (Lipinski definition) is 4. The number of hydrogen-bond donors (Lipinski definition) is 1. The van der Waals surface area contributed by atoms with Gasteiger partial charge in [0.15, 0.2) is 0 Å². The summed E-state index contributed by atoms with van der Waals surface area (Å²) in [5, 5.41) is 12.1. The number of rotatable bonds is 5.